The molecular formula is C11H11N3O5S. The molecule has 2 aromatic rings. The Hall–Kier alpha value is -2.55. The minimum absolute atomic E-state index is 0.0563. The standard InChI is InChI=1S/C11H11N3O5S/c1-6-10(5-12-13-6)20(18,19)14-8-3-2-7(11(16)17)4-9(8)15/h2-5,14-15H,1H3,(H,12,13)(H,16,17). The average molecular weight is 297 g/mol. The number of benzene rings is 1. The zero-order valence-electron chi connectivity index (χ0n) is 10.3. The van der Waals surface area contributed by atoms with Crippen molar-refractivity contribution < 1.29 is 23.4 Å². The Bertz CT molecular complexity index is 766. The maximum atomic E-state index is 12.1. The van der Waals surface area contributed by atoms with Crippen LogP contribution in [-0.2, 0) is 10.0 Å². The average Bonchev–Trinajstić information content (AvgIpc) is 2.78. The van der Waals surface area contributed by atoms with E-state index in [9.17, 15) is 18.3 Å². The fourth-order valence-corrected chi connectivity index (χ4v) is 2.77. The fraction of sp³-hybridized carbons (Fsp3) is 0.0909. The molecule has 1 aromatic heterocycles. The first-order valence-electron chi connectivity index (χ1n) is 5.40. The van der Waals surface area contributed by atoms with Crippen molar-refractivity contribution in [2.75, 3.05) is 4.72 Å². The Morgan fingerprint density at radius 1 is 1.40 bits per heavy atom. The molecule has 0 atom stereocenters. The van der Waals surface area contributed by atoms with Crippen molar-refractivity contribution in [3.05, 3.63) is 35.7 Å². The molecule has 0 spiro atoms. The second-order valence-electron chi connectivity index (χ2n) is 4.00. The minimum Gasteiger partial charge on any atom is -0.506 e. The summed E-state index contributed by atoms with van der Waals surface area (Å²) >= 11 is 0. The van der Waals surface area contributed by atoms with Crippen molar-refractivity contribution in [2.24, 2.45) is 0 Å². The molecule has 0 radical (unpaired) electrons. The monoisotopic (exact) mass is 297 g/mol. The van der Waals surface area contributed by atoms with Crippen molar-refractivity contribution in [1.82, 2.24) is 10.2 Å². The molecule has 0 fully saturated rings. The van der Waals surface area contributed by atoms with E-state index in [1.807, 2.05) is 0 Å². The molecular weight excluding hydrogens is 286 g/mol. The Morgan fingerprint density at radius 3 is 2.60 bits per heavy atom. The highest BCUT2D eigenvalue weighted by Crippen LogP contribution is 2.27. The van der Waals surface area contributed by atoms with Crippen LogP contribution in [0.5, 0.6) is 5.75 Å². The van der Waals surface area contributed by atoms with Crippen molar-refractivity contribution in [3.63, 3.8) is 0 Å². The summed E-state index contributed by atoms with van der Waals surface area (Å²) < 4.78 is 26.3. The zero-order chi connectivity index (χ0) is 14.9. The number of hydrogen-bond acceptors (Lipinski definition) is 5. The maximum Gasteiger partial charge on any atom is 0.335 e. The number of nitrogens with zero attached hydrogens (tertiary/aromatic N) is 1. The second kappa shape index (κ2) is 4.85. The van der Waals surface area contributed by atoms with E-state index in [2.05, 4.69) is 14.9 Å². The first-order chi connectivity index (χ1) is 9.31. The van der Waals surface area contributed by atoms with Crippen molar-refractivity contribution in [2.45, 2.75) is 11.8 Å². The molecule has 20 heavy (non-hydrogen) atoms. The number of H-pyrrole nitrogens is 1. The number of carboxylic acid groups (broad SMARTS) is 1. The first kappa shape index (κ1) is 13.9. The summed E-state index contributed by atoms with van der Waals surface area (Å²) in [5.41, 5.74) is 0.0830. The van der Waals surface area contributed by atoms with Crippen molar-refractivity contribution in [1.29, 1.82) is 0 Å². The number of aromatic amines is 1. The number of carboxylic acids is 1. The number of carbonyl (C=O) groups is 1. The Labute approximate surface area is 114 Å². The maximum absolute atomic E-state index is 12.1. The molecule has 0 aliphatic carbocycles. The summed E-state index contributed by atoms with van der Waals surface area (Å²) in [5, 5.41) is 24.5. The summed E-state index contributed by atoms with van der Waals surface area (Å²) in [4.78, 5) is 10.7. The van der Waals surface area contributed by atoms with E-state index in [0.29, 0.717) is 5.69 Å². The Balaban J connectivity index is 2.36. The van der Waals surface area contributed by atoms with E-state index in [1.54, 1.807) is 0 Å². The number of hydrogen-bond donors (Lipinski definition) is 4. The predicted octanol–water partition coefficient (Wildman–Crippen LogP) is 0.923. The van der Waals surface area contributed by atoms with Gasteiger partial charge in [0.25, 0.3) is 10.0 Å². The highest BCUT2D eigenvalue weighted by Gasteiger charge is 2.20. The lowest BCUT2D eigenvalue weighted by atomic mass is 10.2. The number of sulfonamides is 1. The number of aryl methyl sites for hydroxylation is 1. The van der Waals surface area contributed by atoms with E-state index in [1.165, 1.54) is 19.1 Å². The van der Waals surface area contributed by atoms with Gasteiger partial charge in [0.2, 0.25) is 0 Å². The lowest BCUT2D eigenvalue weighted by Gasteiger charge is -2.09. The van der Waals surface area contributed by atoms with Crippen LogP contribution < -0.4 is 4.72 Å². The quantitative estimate of drug-likeness (QED) is 0.620. The largest absolute Gasteiger partial charge is 0.506 e. The van der Waals surface area contributed by atoms with E-state index in [0.717, 1.165) is 12.3 Å². The first-order valence-corrected chi connectivity index (χ1v) is 6.88. The highest BCUT2D eigenvalue weighted by molar-refractivity contribution is 7.92. The molecule has 106 valence electrons. The molecule has 0 saturated heterocycles. The van der Waals surface area contributed by atoms with Crippen LogP contribution in [0.3, 0.4) is 0 Å². The molecule has 1 aromatic carbocycles. The van der Waals surface area contributed by atoms with Gasteiger partial charge < -0.3 is 10.2 Å². The van der Waals surface area contributed by atoms with E-state index < -0.39 is 21.7 Å². The van der Waals surface area contributed by atoms with Gasteiger partial charge in [0.05, 0.1) is 23.1 Å². The molecule has 0 aliphatic heterocycles. The van der Waals surface area contributed by atoms with Gasteiger partial charge in [0.1, 0.15) is 10.6 Å². The summed E-state index contributed by atoms with van der Waals surface area (Å²) in [7, 11) is -3.91. The van der Waals surface area contributed by atoms with Crippen LogP contribution in [0.4, 0.5) is 5.69 Å². The normalized spacial score (nSPS) is 11.2. The van der Waals surface area contributed by atoms with Gasteiger partial charge in [-0.05, 0) is 25.1 Å². The van der Waals surface area contributed by atoms with Crippen LogP contribution in [0, 0.1) is 6.92 Å². The Morgan fingerprint density at radius 2 is 2.10 bits per heavy atom. The van der Waals surface area contributed by atoms with Crippen LogP contribution in [0.1, 0.15) is 16.1 Å². The Kier molecular flexibility index (Phi) is 3.36. The van der Waals surface area contributed by atoms with Gasteiger partial charge in [0.15, 0.2) is 0 Å². The van der Waals surface area contributed by atoms with Gasteiger partial charge in [-0.15, -0.1) is 0 Å². The molecule has 0 unspecified atom stereocenters. The number of phenolic OH excluding ortho intramolecular Hbond substituents is 1. The van der Waals surface area contributed by atoms with Crippen LogP contribution in [-0.4, -0.2) is 34.8 Å². The van der Waals surface area contributed by atoms with Gasteiger partial charge in [-0.3, -0.25) is 9.82 Å². The third kappa shape index (κ3) is 2.57. The summed E-state index contributed by atoms with van der Waals surface area (Å²) in [5.74, 6) is -1.70. The molecule has 0 saturated carbocycles. The number of anilines is 1. The summed E-state index contributed by atoms with van der Waals surface area (Å²) in [6.45, 7) is 1.54. The van der Waals surface area contributed by atoms with E-state index in [4.69, 9.17) is 5.11 Å². The number of aromatic carboxylic acids is 1. The van der Waals surface area contributed by atoms with Crippen molar-refractivity contribution >= 4 is 21.7 Å². The molecule has 9 heteroatoms. The van der Waals surface area contributed by atoms with E-state index >= 15 is 0 Å². The number of nitrogens with one attached hydrogen (secondary N) is 2. The number of aromatic nitrogens is 2. The van der Waals surface area contributed by atoms with Crippen molar-refractivity contribution in [3.8, 4) is 5.75 Å². The zero-order valence-corrected chi connectivity index (χ0v) is 11.1. The number of rotatable bonds is 4. The minimum atomic E-state index is -3.91. The third-order valence-corrected chi connectivity index (χ3v) is 4.04. The molecule has 0 bridgehead atoms. The van der Waals surface area contributed by atoms with Gasteiger partial charge in [-0.2, -0.15) is 5.10 Å². The molecule has 0 aliphatic rings. The SMILES string of the molecule is Cc1[nH]ncc1S(=O)(=O)Nc1ccc(C(=O)O)cc1O. The number of aromatic hydroxyl groups is 1. The lowest BCUT2D eigenvalue weighted by molar-refractivity contribution is 0.0696. The van der Waals surface area contributed by atoms with Crippen LogP contribution in [0.15, 0.2) is 29.3 Å². The predicted molar refractivity (Wildman–Crippen MR) is 69.2 cm³/mol. The third-order valence-electron chi connectivity index (χ3n) is 2.56. The van der Waals surface area contributed by atoms with Gasteiger partial charge in [-0.25, -0.2) is 13.2 Å². The smallest absolute Gasteiger partial charge is 0.335 e. The molecule has 8 nitrogen and oxygen atoms in total. The van der Waals surface area contributed by atoms with Crippen LogP contribution in [0.25, 0.3) is 0 Å². The van der Waals surface area contributed by atoms with Crippen LogP contribution >= 0.6 is 0 Å². The fourth-order valence-electron chi connectivity index (χ4n) is 1.56. The van der Waals surface area contributed by atoms with Crippen LogP contribution in [0.2, 0.25) is 0 Å². The highest BCUT2D eigenvalue weighted by atomic mass is 32.2. The van der Waals surface area contributed by atoms with Gasteiger partial charge in [-0.1, -0.05) is 0 Å². The van der Waals surface area contributed by atoms with Gasteiger partial charge >= 0.3 is 5.97 Å². The summed E-state index contributed by atoms with van der Waals surface area (Å²) in [6.07, 6.45) is 1.14. The lowest BCUT2D eigenvalue weighted by Crippen LogP contribution is -2.13. The molecule has 0 amide bonds. The molecule has 2 rings (SSSR count). The van der Waals surface area contributed by atoms with E-state index in [-0.39, 0.29) is 16.1 Å². The molecule has 4 N–H and O–H groups in total. The van der Waals surface area contributed by atoms with Gasteiger partial charge in [0, 0.05) is 0 Å². The second-order valence-corrected chi connectivity index (χ2v) is 5.65. The number of phenols is 1. The molecule has 1 heterocycles. The topological polar surface area (TPSA) is 132 Å². The summed E-state index contributed by atoms with van der Waals surface area (Å²) in [6, 6.07) is 3.32.